The van der Waals surface area contributed by atoms with Gasteiger partial charge in [-0.1, -0.05) is 6.07 Å². The first-order valence-electron chi connectivity index (χ1n) is 7.50. The number of rotatable bonds is 6. The molecule has 0 atom stereocenters. The minimum absolute atomic E-state index is 0.0440. The summed E-state index contributed by atoms with van der Waals surface area (Å²) in [6, 6.07) is 5.58. The summed E-state index contributed by atoms with van der Waals surface area (Å²) in [5.74, 6) is 0.731. The normalized spacial score (nSPS) is 13.3. The summed E-state index contributed by atoms with van der Waals surface area (Å²) in [7, 11) is 3.16. The third kappa shape index (κ3) is 3.85. The second-order valence-corrected chi connectivity index (χ2v) is 5.82. The Bertz CT molecular complexity index is 785. The van der Waals surface area contributed by atoms with E-state index in [0.29, 0.717) is 30.4 Å². The molecule has 0 unspecified atom stereocenters. The molecular weight excluding hydrogens is 346 g/mol. The van der Waals surface area contributed by atoms with Crippen LogP contribution < -0.4 is 9.47 Å². The van der Waals surface area contributed by atoms with Crippen molar-refractivity contribution in [2.45, 2.75) is 6.61 Å². The van der Waals surface area contributed by atoms with Crippen LogP contribution in [0.15, 0.2) is 35.6 Å². The number of carbonyl (C=O) groups excluding carboxylic acids is 1. The van der Waals surface area contributed by atoms with Crippen LogP contribution in [0.1, 0.15) is 5.69 Å². The van der Waals surface area contributed by atoms with Gasteiger partial charge in [0.15, 0.2) is 11.5 Å². The van der Waals surface area contributed by atoms with Crippen LogP contribution in [0.2, 0.25) is 0 Å². The quantitative estimate of drug-likeness (QED) is 0.731. The van der Waals surface area contributed by atoms with Crippen molar-refractivity contribution in [2.24, 2.45) is 0 Å². The van der Waals surface area contributed by atoms with E-state index in [4.69, 9.17) is 23.7 Å². The van der Waals surface area contributed by atoms with Crippen molar-refractivity contribution in [3.63, 3.8) is 0 Å². The van der Waals surface area contributed by atoms with Crippen molar-refractivity contribution in [1.82, 2.24) is 4.98 Å². The summed E-state index contributed by atoms with van der Waals surface area (Å²) < 4.78 is 26.1. The maximum absolute atomic E-state index is 11.9. The van der Waals surface area contributed by atoms with Crippen molar-refractivity contribution in [3.05, 3.63) is 41.3 Å². The van der Waals surface area contributed by atoms with E-state index in [0.717, 1.165) is 10.6 Å². The zero-order valence-electron chi connectivity index (χ0n) is 13.8. The van der Waals surface area contributed by atoms with Crippen molar-refractivity contribution in [1.29, 1.82) is 0 Å². The molecule has 7 nitrogen and oxygen atoms in total. The lowest BCUT2D eigenvalue weighted by Crippen LogP contribution is -2.17. The van der Waals surface area contributed by atoms with Crippen LogP contribution in [0.3, 0.4) is 0 Å². The summed E-state index contributed by atoms with van der Waals surface area (Å²) >= 11 is 1.43. The molecule has 132 valence electrons. The van der Waals surface area contributed by atoms with Crippen LogP contribution in [0.5, 0.6) is 11.5 Å². The average molecular weight is 363 g/mol. The monoisotopic (exact) mass is 363 g/mol. The number of ether oxygens (including phenoxy) is 5. The summed E-state index contributed by atoms with van der Waals surface area (Å²) in [6.45, 7) is 0.800. The smallest absolute Gasteiger partial charge is 0.377 e. The Kier molecular flexibility index (Phi) is 5.39. The summed E-state index contributed by atoms with van der Waals surface area (Å²) in [5.41, 5.74) is 1.45. The van der Waals surface area contributed by atoms with E-state index in [1.807, 2.05) is 23.6 Å². The average Bonchev–Trinajstić information content (AvgIpc) is 3.14. The fourth-order valence-electron chi connectivity index (χ4n) is 2.24. The van der Waals surface area contributed by atoms with Gasteiger partial charge in [0.05, 0.1) is 25.5 Å². The largest absolute Gasteiger partial charge is 0.493 e. The lowest BCUT2D eigenvalue weighted by Gasteiger charge is -2.13. The van der Waals surface area contributed by atoms with Crippen LogP contribution in [-0.4, -0.2) is 38.4 Å². The lowest BCUT2D eigenvalue weighted by atomic mass is 10.2. The number of nitrogens with zero attached hydrogens (tertiary/aromatic N) is 1. The molecule has 1 aromatic heterocycles. The number of hydrogen-bond donors (Lipinski definition) is 0. The van der Waals surface area contributed by atoms with Gasteiger partial charge in [-0.25, -0.2) is 9.78 Å². The van der Waals surface area contributed by atoms with Crippen LogP contribution >= 0.6 is 11.3 Å². The number of methoxy groups -OCH3 is 2. The van der Waals surface area contributed by atoms with Gasteiger partial charge in [0.2, 0.25) is 5.76 Å². The van der Waals surface area contributed by atoms with E-state index in [9.17, 15) is 4.79 Å². The number of para-hydroxylation sites is 1. The van der Waals surface area contributed by atoms with E-state index in [2.05, 4.69) is 4.98 Å². The third-order valence-electron chi connectivity index (χ3n) is 3.39. The van der Waals surface area contributed by atoms with Crippen molar-refractivity contribution in [3.8, 4) is 22.1 Å². The van der Waals surface area contributed by atoms with Gasteiger partial charge in [0, 0.05) is 5.38 Å². The number of hydrogen-bond acceptors (Lipinski definition) is 8. The van der Waals surface area contributed by atoms with E-state index < -0.39 is 5.97 Å². The van der Waals surface area contributed by atoms with Gasteiger partial charge in [0.25, 0.3) is 0 Å². The zero-order chi connectivity index (χ0) is 17.6. The highest BCUT2D eigenvalue weighted by molar-refractivity contribution is 7.13. The Hall–Kier alpha value is -2.74. The molecule has 8 heteroatoms. The molecule has 1 aliphatic rings. The van der Waals surface area contributed by atoms with Crippen LogP contribution in [0.4, 0.5) is 0 Å². The molecule has 0 radical (unpaired) electrons. The molecular formula is C17H17NO6S. The van der Waals surface area contributed by atoms with Crippen LogP contribution in [0.25, 0.3) is 10.6 Å². The first kappa shape index (κ1) is 17.1. The fraction of sp³-hybridized carbons (Fsp3) is 0.294. The minimum Gasteiger partial charge on any atom is -0.493 e. The molecule has 0 amide bonds. The van der Waals surface area contributed by atoms with E-state index in [1.165, 1.54) is 17.6 Å². The Morgan fingerprint density at radius 2 is 2.16 bits per heavy atom. The first-order chi connectivity index (χ1) is 12.2. The first-order valence-corrected chi connectivity index (χ1v) is 8.38. The number of esters is 1. The second kappa shape index (κ2) is 7.89. The van der Waals surface area contributed by atoms with E-state index >= 15 is 0 Å². The Labute approximate surface area is 148 Å². The molecule has 2 aromatic rings. The molecule has 0 spiro atoms. The molecule has 0 N–H and O–H groups in total. The Morgan fingerprint density at radius 1 is 1.28 bits per heavy atom. The number of aromatic nitrogens is 1. The molecule has 0 saturated carbocycles. The van der Waals surface area contributed by atoms with Gasteiger partial charge >= 0.3 is 5.97 Å². The van der Waals surface area contributed by atoms with Gasteiger partial charge in [-0.2, -0.15) is 0 Å². The summed E-state index contributed by atoms with van der Waals surface area (Å²) in [4.78, 5) is 16.4. The standard InChI is InChI=1S/C17H17NO6S/c1-20-13-5-3-4-12(15(13)21-2)16-18-11(10-25-16)8-24-17(19)14-9-22-6-7-23-14/h3-5,9-10H,6-8H2,1-2H3. The second-order valence-electron chi connectivity index (χ2n) is 4.96. The lowest BCUT2D eigenvalue weighted by molar-refractivity contribution is -0.146. The SMILES string of the molecule is COc1cccc(-c2nc(COC(=O)C3=COCCO3)cs2)c1OC. The topological polar surface area (TPSA) is 76.1 Å². The fourth-order valence-corrected chi connectivity index (χ4v) is 3.06. The Balaban J connectivity index is 1.71. The van der Waals surface area contributed by atoms with Crippen LogP contribution in [-0.2, 0) is 25.6 Å². The number of thiazole rings is 1. The maximum Gasteiger partial charge on any atom is 0.377 e. The predicted molar refractivity (Wildman–Crippen MR) is 90.4 cm³/mol. The summed E-state index contributed by atoms with van der Waals surface area (Å²) in [6.07, 6.45) is 1.26. The van der Waals surface area contributed by atoms with Gasteiger partial charge < -0.3 is 23.7 Å². The van der Waals surface area contributed by atoms with Gasteiger partial charge in [-0.3, -0.25) is 0 Å². The van der Waals surface area contributed by atoms with E-state index in [-0.39, 0.29) is 12.4 Å². The van der Waals surface area contributed by atoms with Crippen molar-refractivity contribution in [2.75, 3.05) is 27.4 Å². The zero-order valence-corrected chi connectivity index (χ0v) is 14.6. The van der Waals surface area contributed by atoms with Crippen LogP contribution in [0, 0.1) is 0 Å². The highest BCUT2D eigenvalue weighted by atomic mass is 32.1. The molecule has 1 aromatic carbocycles. The molecule has 2 heterocycles. The molecule has 25 heavy (non-hydrogen) atoms. The maximum atomic E-state index is 11.9. The Morgan fingerprint density at radius 3 is 2.88 bits per heavy atom. The van der Waals surface area contributed by atoms with Gasteiger partial charge in [0.1, 0.15) is 31.1 Å². The van der Waals surface area contributed by atoms with Crippen molar-refractivity contribution >= 4 is 17.3 Å². The molecule has 0 aliphatic carbocycles. The highest BCUT2D eigenvalue weighted by Crippen LogP contribution is 2.39. The van der Waals surface area contributed by atoms with Crippen molar-refractivity contribution < 1.29 is 28.5 Å². The molecule has 0 fully saturated rings. The van der Waals surface area contributed by atoms with Gasteiger partial charge in [-0.15, -0.1) is 11.3 Å². The number of carbonyl (C=O) groups is 1. The molecule has 0 saturated heterocycles. The molecule has 3 rings (SSSR count). The van der Waals surface area contributed by atoms with Gasteiger partial charge in [-0.05, 0) is 12.1 Å². The highest BCUT2D eigenvalue weighted by Gasteiger charge is 2.18. The molecule has 1 aliphatic heterocycles. The van der Waals surface area contributed by atoms with E-state index in [1.54, 1.807) is 14.2 Å². The third-order valence-corrected chi connectivity index (χ3v) is 4.31. The molecule has 0 bridgehead atoms. The minimum atomic E-state index is -0.576. The number of benzene rings is 1. The predicted octanol–water partition coefficient (Wildman–Crippen LogP) is 2.76. The summed E-state index contributed by atoms with van der Waals surface area (Å²) in [5, 5.41) is 2.58.